The molecule has 0 saturated carbocycles. The highest BCUT2D eigenvalue weighted by atomic mass is 32.2. The molecule has 0 aromatic heterocycles. The van der Waals surface area contributed by atoms with Gasteiger partial charge in [-0.2, -0.15) is 4.31 Å². The maximum absolute atomic E-state index is 12.6. The van der Waals surface area contributed by atoms with Crippen molar-refractivity contribution >= 4 is 27.2 Å². The number of Topliss-reactive ketones (excluding diaryl/α,β-unsaturated/α-hetero) is 1. The number of aryl methyl sites for hydroxylation is 1. The molecule has 0 amide bonds. The number of ketones is 1. The molecule has 3 rings (SSSR count). The van der Waals surface area contributed by atoms with Gasteiger partial charge in [0.1, 0.15) is 0 Å². The van der Waals surface area contributed by atoms with Gasteiger partial charge in [0, 0.05) is 36.5 Å². The molecule has 1 heterocycles. The molecule has 10 heteroatoms. The SMILES string of the molecule is Cc1ccc([N+](=O)[O-])cc1NCC(=O)c1ccc(S(=O)(=O)N2CCOCC2)cc1. The summed E-state index contributed by atoms with van der Waals surface area (Å²) in [6.07, 6.45) is 0. The molecule has 0 aliphatic carbocycles. The summed E-state index contributed by atoms with van der Waals surface area (Å²) in [5.41, 5.74) is 1.55. The van der Waals surface area contributed by atoms with Crippen LogP contribution < -0.4 is 5.32 Å². The number of nitrogens with one attached hydrogen (secondary N) is 1. The largest absolute Gasteiger partial charge is 0.379 e. The van der Waals surface area contributed by atoms with Crippen LogP contribution in [-0.2, 0) is 14.8 Å². The summed E-state index contributed by atoms with van der Waals surface area (Å²) < 4.78 is 31.8. The van der Waals surface area contributed by atoms with E-state index >= 15 is 0 Å². The quantitative estimate of drug-likeness (QED) is 0.415. The third-order valence-electron chi connectivity index (χ3n) is 4.66. The molecule has 1 aliphatic rings. The van der Waals surface area contributed by atoms with Crippen LogP contribution in [0.25, 0.3) is 0 Å². The average molecular weight is 419 g/mol. The summed E-state index contributed by atoms with van der Waals surface area (Å²) in [5, 5.41) is 13.8. The molecule has 2 aromatic carbocycles. The van der Waals surface area contributed by atoms with Crippen molar-refractivity contribution < 1.29 is 22.9 Å². The van der Waals surface area contributed by atoms with Crippen LogP contribution in [0.5, 0.6) is 0 Å². The Morgan fingerprint density at radius 1 is 1.17 bits per heavy atom. The van der Waals surface area contributed by atoms with Crippen molar-refractivity contribution in [2.75, 3.05) is 38.2 Å². The second-order valence-electron chi connectivity index (χ2n) is 6.57. The lowest BCUT2D eigenvalue weighted by Crippen LogP contribution is -2.40. The topological polar surface area (TPSA) is 119 Å². The van der Waals surface area contributed by atoms with E-state index in [2.05, 4.69) is 5.32 Å². The Morgan fingerprint density at radius 2 is 1.83 bits per heavy atom. The van der Waals surface area contributed by atoms with Crippen molar-refractivity contribution in [2.24, 2.45) is 0 Å². The van der Waals surface area contributed by atoms with Gasteiger partial charge in [-0.05, 0) is 36.8 Å². The normalized spacial score (nSPS) is 15.1. The van der Waals surface area contributed by atoms with E-state index in [0.29, 0.717) is 37.6 Å². The van der Waals surface area contributed by atoms with Gasteiger partial charge in [0.15, 0.2) is 5.78 Å². The van der Waals surface area contributed by atoms with Crippen LogP contribution in [0.15, 0.2) is 47.4 Å². The molecule has 0 spiro atoms. The molecule has 0 bridgehead atoms. The molecule has 0 radical (unpaired) electrons. The molecule has 1 aliphatic heterocycles. The molecule has 154 valence electrons. The number of carbonyl (C=O) groups is 1. The Morgan fingerprint density at radius 3 is 2.45 bits per heavy atom. The highest BCUT2D eigenvalue weighted by Gasteiger charge is 2.26. The zero-order valence-corrected chi connectivity index (χ0v) is 16.6. The number of benzene rings is 2. The van der Waals surface area contributed by atoms with Gasteiger partial charge < -0.3 is 10.1 Å². The molecule has 2 aromatic rings. The number of anilines is 1. The standard InChI is InChI=1S/C19H21N3O6S/c1-14-2-5-16(22(24)25)12-18(14)20-13-19(23)15-3-6-17(7-4-15)29(26,27)21-8-10-28-11-9-21/h2-7,12,20H,8-11,13H2,1H3. The molecule has 29 heavy (non-hydrogen) atoms. The molecule has 0 atom stereocenters. The number of hydrogen-bond donors (Lipinski definition) is 1. The fourth-order valence-corrected chi connectivity index (χ4v) is 4.35. The molecular formula is C19H21N3O6S. The van der Waals surface area contributed by atoms with Gasteiger partial charge in [-0.1, -0.05) is 6.07 Å². The molecule has 0 unspecified atom stereocenters. The Bertz CT molecular complexity index is 1010. The smallest absolute Gasteiger partial charge is 0.271 e. The van der Waals surface area contributed by atoms with Crippen LogP contribution in [0.1, 0.15) is 15.9 Å². The third kappa shape index (κ3) is 4.78. The van der Waals surface area contributed by atoms with Crippen molar-refractivity contribution in [3.05, 3.63) is 63.7 Å². The number of carbonyl (C=O) groups excluding carboxylic acids is 1. The number of non-ortho nitro benzene ring substituents is 1. The zero-order chi connectivity index (χ0) is 21.0. The highest BCUT2D eigenvalue weighted by Crippen LogP contribution is 2.22. The second kappa shape index (κ2) is 8.68. The second-order valence-corrected chi connectivity index (χ2v) is 8.51. The van der Waals surface area contributed by atoms with E-state index in [1.807, 2.05) is 0 Å². The van der Waals surface area contributed by atoms with E-state index in [0.717, 1.165) is 5.56 Å². The van der Waals surface area contributed by atoms with E-state index < -0.39 is 14.9 Å². The van der Waals surface area contributed by atoms with Crippen LogP contribution in [0.3, 0.4) is 0 Å². The minimum absolute atomic E-state index is 0.0665. The summed E-state index contributed by atoms with van der Waals surface area (Å²) in [5.74, 6) is -0.258. The summed E-state index contributed by atoms with van der Waals surface area (Å²) >= 11 is 0. The Hall–Kier alpha value is -2.82. The number of nitro groups is 1. The summed E-state index contributed by atoms with van der Waals surface area (Å²) in [6.45, 7) is 3.03. The average Bonchev–Trinajstić information content (AvgIpc) is 2.73. The minimum Gasteiger partial charge on any atom is -0.379 e. The number of nitro benzene ring substituents is 1. The van der Waals surface area contributed by atoms with E-state index in [-0.39, 0.29) is 22.9 Å². The monoisotopic (exact) mass is 419 g/mol. The van der Waals surface area contributed by atoms with E-state index in [1.165, 1.54) is 40.7 Å². The number of nitrogens with zero attached hydrogens (tertiary/aromatic N) is 2. The van der Waals surface area contributed by atoms with Crippen LogP contribution in [0.4, 0.5) is 11.4 Å². The van der Waals surface area contributed by atoms with Gasteiger partial charge in [0.25, 0.3) is 5.69 Å². The van der Waals surface area contributed by atoms with Crippen LogP contribution >= 0.6 is 0 Å². The first-order valence-electron chi connectivity index (χ1n) is 8.99. The van der Waals surface area contributed by atoms with Gasteiger partial charge in [0.05, 0.1) is 29.6 Å². The molecule has 9 nitrogen and oxygen atoms in total. The Labute approximate surface area is 168 Å². The lowest BCUT2D eigenvalue weighted by Gasteiger charge is -2.26. The van der Waals surface area contributed by atoms with Crippen LogP contribution in [0.2, 0.25) is 0 Å². The molecule has 1 saturated heterocycles. The fraction of sp³-hybridized carbons (Fsp3) is 0.316. The van der Waals surface area contributed by atoms with Crippen LogP contribution in [0, 0.1) is 17.0 Å². The van der Waals surface area contributed by atoms with Crippen molar-refractivity contribution in [1.82, 2.24) is 4.31 Å². The van der Waals surface area contributed by atoms with Crippen LogP contribution in [-0.4, -0.2) is 56.3 Å². The first-order valence-corrected chi connectivity index (χ1v) is 10.4. The first-order chi connectivity index (χ1) is 13.8. The van der Waals surface area contributed by atoms with Gasteiger partial charge in [-0.25, -0.2) is 8.42 Å². The van der Waals surface area contributed by atoms with E-state index in [4.69, 9.17) is 4.74 Å². The number of ether oxygens (including phenoxy) is 1. The lowest BCUT2D eigenvalue weighted by atomic mass is 10.1. The maximum atomic E-state index is 12.6. The number of sulfonamides is 1. The van der Waals surface area contributed by atoms with Gasteiger partial charge >= 0.3 is 0 Å². The Balaban J connectivity index is 1.68. The lowest BCUT2D eigenvalue weighted by molar-refractivity contribution is -0.384. The summed E-state index contributed by atoms with van der Waals surface area (Å²) in [7, 11) is -3.62. The first kappa shape index (κ1) is 20.9. The highest BCUT2D eigenvalue weighted by molar-refractivity contribution is 7.89. The number of morpholine rings is 1. The number of rotatable bonds is 7. The van der Waals surface area contributed by atoms with Gasteiger partial charge in [-0.15, -0.1) is 0 Å². The van der Waals surface area contributed by atoms with Gasteiger partial charge in [0.2, 0.25) is 10.0 Å². The van der Waals surface area contributed by atoms with Crippen molar-refractivity contribution in [2.45, 2.75) is 11.8 Å². The predicted molar refractivity (Wildman–Crippen MR) is 107 cm³/mol. The van der Waals surface area contributed by atoms with Crippen molar-refractivity contribution in [3.63, 3.8) is 0 Å². The minimum atomic E-state index is -3.62. The van der Waals surface area contributed by atoms with E-state index in [9.17, 15) is 23.3 Å². The molecule has 1 fully saturated rings. The molecule has 1 N–H and O–H groups in total. The predicted octanol–water partition coefficient (Wildman–Crippen LogP) is 2.22. The van der Waals surface area contributed by atoms with E-state index in [1.54, 1.807) is 13.0 Å². The van der Waals surface area contributed by atoms with Crippen molar-refractivity contribution in [1.29, 1.82) is 0 Å². The zero-order valence-electron chi connectivity index (χ0n) is 15.8. The van der Waals surface area contributed by atoms with Crippen molar-refractivity contribution in [3.8, 4) is 0 Å². The van der Waals surface area contributed by atoms with Gasteiger partial charge in [-0.3, -0.25) is 14.9 Å². The summed E-state index contributed by atoms with van der Waals surface area (Å²) in [6, 6.07) is 10.1. The molecular weight excluding hydrogens is 398 g/mol. The Kier molecular flexibility index (Phi) is 6.26. The fourth-order valence-electron chi connectivity index (χ4n) is 2.94. The third-order valence-corrected chi connectivity index (χ3v) is 6.57. The maximum Gasteiger partial charge on any atom is 0.271 e. The summed E-state index contributed by atoms with van der Waals surface area (Å²) in [4.78, 5) is 23.0. The number of hydrogen-bond acceptors (Lipinski definition) is 7.